The minimum Gasteiger partial charge on any atom is -0.316 e. The molecule has 0 saturated heterocycles. The maximum absolute atomic E-state index is 3.54. The third-order valence-corrected chi connectivity index (χ3v) is 3.48. The van der Waals surface area contributed by atoms with Gasteiger partial charge in [-0.25, -0.2) is 0 Å². The second kappa shape index (κ2) is 5.32. The fourth-order valence-electron chi connectivity index (χ4n) is 2.42. The van der Waals surface area contributed by atoms with E-state index in [0.29, 0.717) is 0 Å². The van der Waals surface area contributed by atoms with Gasteiger partial charge in [0.25, 0.3) is 0 Å². The van der Waals surface area contributed by atoms with Gasteiger partial charge in [-0.1, -0.05) is 37.3 Å². The Morgan fingerprint density at radius 2 is 2.00 bits per heavy atom. The van der Waals surface area contributed by atoms with E-state index in [2.05, 4.69) is 42.6 Å². The summed E-state index contributed by atoms with van der Waals surface area (Å²) in [5.74, 6) is 1.69. The lowest BCUT2D eigenvalue weighted by Crippen LogP contribution is -2.34. The lowest BCUT2D eigenvalue weighted by molar-refractivity contribution is 0.246. The molecule has 0 radical (unpaired) electrons. The molecule has 0 spiro atoms. The Morgan fingerprint density at radius 3 is 2.60 bits per heavy atom. The smallest absolute Gasteiger partial charge is 0.00147 e. The molecule has 1 fully saturated rings. The molecule has 2 unspecified atom stereocenters. The van der Waals surface area contributed by atoms with E-state index in [9.17, 15) is 0 Å². The molecule has 0 heterocycles. The molecule has 0 aliphatic heterocycles. The van der Waals surface area contributed by atoms with Crippen molar-refractivity contribution in [3.63, 3.8) is 0 Å². The van der Waals surface area contributed by atoms with Crippen LogP contribution in [-0.2, 0) is 0 Å². The molecule has 1 heteroatoms. The first-order valence-corrected chi connectivity index (χ1v) is 6.17. The van der Waals surface area contributed by atoms with Gasteiger partial charge < -0.3 is 5.32 Å². The summed E-state index contributed by atoms with van der Waals surface area (Å²) in [5, 5.41) is 3.54. The van der Waals surface area contributed by atoms with Crippen LogP contribution in [0.5, 0.6) is 0 Å². The Labute approximate surface area is 92.9 Å². The van der Waals surface area contributed by atoms with Crippen molar-refractivity contribution in [3.8, 4) is 0 Å². The van der Waals surface area contributed by atoms with E-state index in [1.54, 1.807) is 0 Å². The molecule has 0 bridgehead atoms. The summed E-state index contributed by atoms with van der Waals surface area (Å²) in [6.45, 7) is 4.59. The lowest BCUT2D eigenvalue weighted by atomic mass is 9.70. The predicted octanol–water partition coefficient (Wildman–Crippen LogP) is 3.18. The van der Waals surface area contributed by atoms with E-state index >= 15 is 0 Å². The van der Waals surface area contributed by atoms with Crippen LogP contribution in [0.1, 0.15) is 37.7 Å². The van der Waals surface area contributed by atoms with Crippen LogP contribution >= 0.6 is 0 Å². The molecule has 1 aliphatic carbocycles. The van der Waals surface area contributed by atoms with Crippen LogP contribution in [0.2, 0.25) is 0 Å². The Kier molecular flexibility index (Phi) is 3.79. The van der Waals surface area contributed by atoms with Crippen molar-refractivity contribution in [1.82, 2.24) is 5.32 Å². The minimum atomic E-state index is 0.815. The van der Waals surface area contributed by atoms with Crippen LogP contribution in [0.25, 0.3) is 0 Å². The van der Waals surface area contributed by atoms with E-state index in [0.717, 1.165) is 18.4 Å². The Hall–Kier alpha value is -0.820. The van der Waals surface area contributed by atoms with Crippen LogP contribution in [0.3, 0.4) is 0 Å². The number of hydrogen-bond donors (Lipinski definition) is 1. The van der Waals surface area contributed by atoms with E-state index < -0.39 is 0 Å². The van der Waals surface area contributed by atoms with Gasteiger partial charge in [0.2, 0.25) is 0 Å². The van der Waals surface area contributed by atoms with Crippen LogP contribution < -0.4 is 5.32 Å². The van der Waals surface area contributed by atoms with Crippen molar-refractivity contribution in [3.05, 3.63) is 35.9 Å². The number of benzene rings is 1. The molecular weight excluding hydrogens is 182 g/mol. The molecule has 82 valence electrons. The second-order valence-corrected chi connectivity index (χ2v) is 4.56. The van der Waals surface area contributed by atoms with Crippen LogP contribution in [0.15, 0.2) is 30.3 Å². The van der Waals surface area contributed by atoms with Crippen molar-refractivity contribution in [2.24, 2.45) is 5.92 Å². The van der Waals surface area contributed by atoms with Crippen LogP contribution in [0.4, 0.5) is 0 Å². The van der Waals surface area contributed by atoms with Crippen LogP contribution in [-0.4, -0.2) is 13.1 Å². The molecule has 15 heavy (non-hydrogen) atoms. The summed E-state index contributed by atoms with van der Waals surface area (Å²) in [7, 11) is 0. The van der Waals surface area contributed by atoms with Gasteiger partial charge in [0, 0.05) is 0 Å². The molecule has 2 atom stereocenters. The average molecular weight is 203 g/mol. The van der Waals surface area contributed by atoms with Crippen molar-refractivity contribution >= 4 is 0 Å². The monoisotopic (exact) mass is 203 g/mol. The van der Waals surface area contributed by atoms with Gasteiger partial charge in [-0.05, 0) is 49.8 Å². The second-order valence-electron chi connectivity index (χ2n) is 4.56. The maximum atomic E-state index is 3.54. The van der Waals surface area contributed by atoms with E-state index in [4.69, 9.17) is 0 Å². The normalized spacial score (nSPS) is 24.9. The zero-order chi connectivity index (χ0) is 10.5. The number of rotatable bonds is 5. The Bertz CT molecular complexity index is 281. The Morgan fingerprint density at radius 1 is 1.20 bits per heavy atom. The zero-order valence-corrected chi connectivity index (χ0v) is 9.58. The molecule has 1 aliphatic rings. The fraction of sp³-hybridized carbons (Fsp3) is 0.571. The molecule has 2 rings (SSSR count). The van der Waals surface area contributed by atoms with Gasteiger partial charge in [0.1, 0.15) is 0 Å². The van der Waals surface area contributed by atoms with Crippen molar-refractivity contribution in [1.29, 1.82) is 0 Å². The minimum absolute atomic E-state index is 0.815. The topological polar surface area (TPSA) is 12.0 Å². The number of hydrogen-bond acceptors (Lipinski definition) is 1. The van der Waals surface area contributed by atoms with E-state index in [-0.39, 0.29) is 0 Å². The average Bonchev–Trinajstić information content (AvgIpc) is 2.24. The summed E-state index contributed by atoms with van der Waals surface area (Å²) in [5.41, 5.74) is 1.53. The summed E-state index contributed by atoms with van der Waals surface area (Å²) < 4.78 is 0. The number of nitrogens with one attached hydrogen (secondary N) is 1. The first-order valence-electron chi connectivity index (χ1n) is 6.17. The third kappa shape index (κ3) is 2.60. The first-order chi connectivity index (χ1) is 7.42. The lowest BCUT2D eigenvalue weighted by Gasteiger charge is -2.37. The molecule has 1 aromatic rings. The predicted molar refractivity (Wildman–Crippen MR) is 65.1 cm³/mol. The molecule has 0 aromatic heterocycles. The standard InChI is InChI=1S/C14H21N/c1-2-10-15-11-13-8-9-14(13)12-6-4-3-5-7-12/h3-7,13-15H,2,8-11H2,1H3. The van der Waals surface area contributed by atoms with Crippen molar-refractivity contribution in [2.75, 3.05) is 13.1 Å². The summed E-state index contributed by atoms with van der Waals surface area (Å²) in [6.07, 6.45) is 4.02. The molecular formula is C14H21N. The van der Waals surface area contributed by atoms with Crippen molar-refractivity contribution < 1.29 is 0 Å². The zero-order valence-electron chi connectivity index (χ0n) is 9.58. The molecule has 1 nitrogen and oxygen atoms in total. The molecule has 0 amide bonds. The maximum Gasteiger partial charge on any atom is -0.00147 e. The third-order valence-electron chi connectivity index (χ3n) is 3.48. The molecule has 1 aromatic carbocycles. The van der Waals surface area contributed by atoms with Gasteiger partial charge in [0.15, 0.2) is 0 Å². The van der Waals surface area contributed by atoms with Gasteiger partial charge >= 0.3 is 0 Å². The molecule has 1 N–H and O–H groups in total. The highest BCUT2D eigenvalue weighted by Gasteiger charge is 2.31. The van der Waals surface area contributed by atoms with Crippen molar-refractivity contribution in [2.45, 2.75) is 32.1 Å². The summed E-state index contributed by atoms with van der Waals surface area (Å²) in [6, 6.07) is 11.0. The first kappa shape index (κ1) is 10.7. The Balaban J connectivity index is 1.84. The highest BCUT2D eigenvalue weighted by atomic mass is 14.9. The van der Waals surface area contributed by atoms with E-state index in [1.165, 1.54) is 31.4 Å². The SMILES string of the molecule is CCCNCC1CCC1c1ccccc1. The van der Waals surface area contributed by atoms with Crippen LogP contribution in [0, 0.1) is 5.92 Å². The quantitative estimate of drug-likeness (QED) is 0.725. The van der Waals surface area contributed by atoms with Gasteiger partial charge in [-0.15, -0.1) is 0 Å². The highest BCUT2D eigenvalue weighted by molar-refractivity contribution is 5.22. The molecule has 1 saturated carbocycles. The van der Waals surface area contributed by atoms with Gasteiger partial charge in [-0.3, -0.25) is 0 Å². The largest absolute Gasteiger partial charge is 0.316 e. The highest BCUT2D eigenvalue weighted by Crippen LogP contribution is 2.41. The van der Waals surface area contributed by atoms with E-state index in [1.807, 2.05) is 0 Å². The fourth-order valence-corrected chi connectivity index (χ4v) is 2.42. The van der Waals surface area contributed by atoms with Gasteiger partial charge in [-0.2, -0.15) is 0 Å². The summed E-state index contributed by atoms with van der Waals surface area (Å²) in [4.78, 5) is 0. The summed E-state index contributed by atoms with van der Waals surface area (Å²) >= 11 is 0. The van der Waals surface area contributed by atoms with Gasteiger partial charge in [0.05, 0.1) is 0 Å².